The summed E-state index contributed by atoms with van der Waals surface area (Å²) >= 11 is 11.4. The Morgan fingerprint density at radius 2 is 1.78 bits per heavy atom. The third-order valence-electron chi connectivity index (χ3n) is 2.79. The number of benzene rings is 2. The molecule has 8 heteroatoms. The molecule has 1 amide bonds. The highest BCUT2D eigenvalue weighted by Crippen LogP contribution is 2.35. The van der Waals surface area contributed by atoms with E-state index >= 15 is 0 Å². The minimum absolute atomic E-state index is 0.0983. The topological polar surface area (TPSA) is 64.3 Å². The SMILES string of the molecule is NC(=S)NC(=O)c1cc(Br)c(OCc2ccc(F)cc2)c(Br)c1. The minimum atomic E-state index is -0.413. The van der Waals surface area contributed by atoms with E-state index in [1.54, 1.807) is 24.3 Å². The molecule has 0 fully saturated rings. The maximum absolute atomic E-state index is 12.9. The van der Waals surface area contributed by atoms with Gasteiger partial charge in [0.25, 0.3) is 5.91 Å². The minimum Gasteiger partial charge on any atom is -0.487 e. The normalized spacial score (nSPS) is 10.2. The van der Waals surface area contributed by atoms with Crippen LogP contribution >= 0.6 is 44.1 Å². The molecule has 0 saturated heterocycles. The lowest BCUT2D eigenvalue weighted by atomic mass is 10.2. The number of carbonyl (C=O) groups is 1. The molecule has 0 spiro atoms. The summed E-state index contributed by atoms with van der Waals surface area (Å²) in [6, 6.07) is 9.21. The molecule has 2 rings (SSSR count). The van der Waals surface area contributed by atoms with Crippen molar-refractivity contribution in [1.29, 1.82) is 0 Å². The number of hydrogen-bond donors (Lipinski definition) is 2. The second-order valence-electron chi connectivity index (χ2n) is 4.50. The van der Waals surface area contributed by atoms with E-state index in [2.05, 4.69) is 49.4 Å². The molecule has 3 N–H and O–H groups in total. The largest absolute Gasteiger partial charge is 0.487 e. The number of amides is 1. The van der Waals surface area contributed by atoms with E-state index in [0.717, 1.165) is 5.56 Å². The Balaban J connectivity index is 2.15. The molecule has 2 aromatic rings. The number of nitrogens with one attached hydrogen (secondary N) is 1. The monoisotopic (exact) mass is 460 g/mol. The maximum atomic E-state index is 12.9. The van der Waals surface area contributed by atoms with Gasteiger partial charge in [-0.2, -0.15) is 0 Å². The van der Waals surface area contributed by atoms with Crippen LogP contribution in [0.2, 0.25) is 0 Å². The summed E-state index contributed by atoms with van der Waals surface area (Å²) in [5, 5.41) is 2.25. The van der Waals surface area contributed by atoms with E-state index in [4.69, 9.17) is 10.5 Å². The smallest absolute Gasteiger partial charge is 0.257 e. The van der Waals surface area contributed by atoms with Crippen LogP contribution in [0.25, 0.3) is 0 Å². The molecule has 0 unspecified atom stereocenters. The van der Waals surface area contributed by atoms with Crippen molar-refractivity contribution in [3.05, 3.63) is 62.3 Å². The fourth-order valence-electron chi connectivity index (χ4n) is 1.75. The molecule has 23 heavy (non-hydrogen) atoms. The van der Waals surface area contributed by atoms with Gasteiger partial charge in [-0.3, -0.25) is 10.1 Å². The first-order valence-electron chi connectivity index (χ1n) is 6.34. The first-order chi connectivity index (χ1) is 10.9. The van der Waals surface area contributed by atoms with E-state index in [-0.39, 0.29) is 17.5 Å². The zero-order chi connectivity index (χ0) is 17.0. The lowest BCUT2D eigenvalue weighted by molar-refractivity contribution is 0.0977. The van der Waals surface area contributed by atoms with E-state index in [0.29, 0.717) is 20.3 Å². The van der Waals surface area contributed by atoms with Crippen LogP contribution in [0.4, 0.5) is 4.39 Å². The Hall–Kier alpha value is -1.51. The highest BCUT2D eigenvalue weighted by atomic mass is 79.9. The van der Waals surface area contributed by atoms with Gasteiger partial charge in [0.05, 0.1) is 8.95 Å². The first-order valence-corrected chi connectivity index (χ1v) is 8.33. The number of rotatable bonds is 4. The summed E-state index contributed by atoms with van der Waals surface area (Å²) in [5.74, 6) is -0.186. The molecule has 0 bridgehead atoms. The highest BCUT2D eigenvalue weighted by molar-refractivity contribution is 9.11. The average Bonchev–Trinajstić information content (AvgIpc) is 2.47. The molecule has 0 aliphatic heterocycles. The number of hydrogen-bond acceptors (Lipinski definition) is 3. The molecule has 0 aromatic heterocycles. The zero-order valence-corrected chi connectivity index (χ0v) is 15.6. The quantitative estimate of drug-likeness (QED) is 0.677. The zero-order valence-electron chi connectivity index (χ0n) is 11.6. The predicted molar refractivity (Wildman–Crippen MR) is 96.8 cm³/mol. The van der Waals surface area contributed by atoms with Crippen molar-refractivity contribution < 1.29 is 13.9 Å². The van der Waals surface area contributed by atoms with Gasteiger partial charge in [-0.1, -0.05) is 12.1 Å². The Morgan fingerprint density at radius 3 is 2.30 bits per heavy atom. The van der Waals surface area contributed by atoms with Gasteiger partial charge in [-0.15, -0.1) is 0 Å². The molecular formula is C15H11Br2FN2O2S. The second kappa shape index (κ2) is 7.85. The van der Waals surface area contributed by atoms with E-state index in [1.807, 2.05) is 0 Å². The molecule has 4 nitrogen and oxygen atoms in total. The van der Waals surface area contributed by atoms with Crippen molar-refractivity contribution >= 4 is 55.1 Å². The van der Waals surface area contributed by atoms with Gasteiger partial charge in [-0.25, -0.2) is 4.39 Å². The summed E-state index contributed by atoms with van der Waals surface area (Å²) in [4.78, 5) is 11.9. The molecule has 120 valence electrons. The van der Waals surface area contributed by atoms with Crippen LogP contribution in [-0.4, -0.2) is 11.0 Å². The van der Waals surface area contributed by atoms with Gasteiger partial charge in [0.2, 0.25) is 0 Å². The summed E-state index contributed by atoms with van der Waals surface area (Å²) < 4.78 is 19.8. The lowest BCUT2D eigenvalue weighted by Gasteiger charge is -2.12. The summed E-state index contributed by atoms with van der Waals surface area (Å²) in [5.41, 5.74) is 6.47. The van der Waals surface area contributed by atoms with Gasteiger partial charge in [-0.05, 0) is 73.9 Å². The third kappa shape index (κ3) is 4.98. The molecule has 0 atom stereocenters. The van der Waals surface area contributed by atoms with E-state index < -0.39 is 5.91 Å². The number of nitrogens with two attached hydrogens (primary N) is 1. The second-order valence-corrected chi connectivity index (χ2v) is 6.65. The number of halogens is 3. The molecule has 0 aliphatic carbocycles. The van der Waals surface area contributed by atoms with Crippen LogP contribution in [0.5, 0.6) is 5.75 Å². The fourth-order valence-corrected chi connectivity index (χ4v) is 3.26. The molecular weight excluding hydrogens is 451 g/mol. The fraction of sp³-hybridized carbons (Fsp3) is 0.0667. The van der Waals surface area contributed by atoms with Gasteiger partial charge < -0.3 is 10.5 Å². The van der Waals surface area contributed by atoms with Crippen molar-refractivity contribution in [3.8, 4) is 5.75 Å². The van der Waals surface area contributed by atoms with Gasteiger partial charge in [0, 0.05) is 5.56 Å². The Kier molecular flexibility index (Phi) is 6.09. The van der Waals surface area contributed by atoms with Gasteiger partial charge >= 0.3 is 0 Å². The lowest BCUT2D eigenvalue weighted by Crippen LogP contribution is -2.34. The van der Waals surface area contributed by atoms with E-state index in [1.165, 1.54) is 12.1 Å². The third-order valence-corrected chi connectivity index (χ3v) is 4.07. The predicted octanol–water partition coefficient (Wildman–Crippen LogP) is 3.90. The van der Waals surface area contributed by atoms with E-state index in [9.17, 15) is 9.18 Å². The molecule has 0 aliphatic rings. The van der Waals surface area contributed by atoms with Crippen LogP contribution in [0.3, 0.4) is 0 Å². The van der Waals surface area contributed by atoms with Crippen LogP contribution in [-0.2, 0) is 6.61 Å². The number of carbonyl (C=O) groups excluding carboxylic acids is 1. The molecule has 0 radical (unpaired) electrons. The highest BCUT2D eigenvalue weighted by Gasteiger charge is 2.14. The Bertz CT molecular complexity index is 731. The van der Waals surface area contributed by atoms with Crippen molar-refractivity contribution in [2.75, 3.05) is 0 Å². The maximum Gasteiger partial charge on any atom is 0.257 e. The van der Waals surface area contributed by atoms with Gasteiger partial charge in [0.15, 0.2) is 5.11 Å². The molecule has 0 saturated carbocycles. The summed E-state index contributed by atoms with van der Waals surface area (Å²) in [6.45, 7) is 0.260. The first kappa shape index (κ1) is 17.8. The van der Waals surface area contributed by atoms with Crippen molar-refractivity contribution in [1.82, 2.24) is 5.32 Å². The van der Waals surface area contributed by atoms with Gasteiger partial charge in [0.1, 0.15) is 18.2 Å². The van der Waals surface area contributed by atoms with Crippen molar-refractivity contribution in [2.24, 2.45) is 5.73 Å². The van der Waals surface area contributed by atoms with Crippen LogP contribution < -0.4 is 15.8 Å². The van der Waals surface area contributed by atoms with Crippen LogP contribution in [0.1, 0.15) is 15.9 Å². The van der Waals surface area contributed by atoms with Crippen molar-refractivity contribution in [3.63, 3.8) is 0 Å². The summed E-state index contributed by atoms with van der Waals surface area (Å²) in [6.07, 6.45) is 0. The van der Waals surface area contributed by atoms with Crippen molar-refractivity contribution in [2.45, 2.75) is 6.61 Å². The molecule has 0 heterocycles. The number of thiocarbonyl (C=S) groups is 1. The van der Waals surface area contributed by atoms with Crippen LogP contribution in [0, 0.1) is 5.82 Å². The Labute approximate surface area is 154 Å². The number of ether oxygens (including phenoxy) is 1. The average molecular weight is 462 g/mol. The Morgan fingerprint density at radius 1 is 1.22 bits per heavy atom. The summed E-state index contributed by atoms with van der Waals surface area (Å²) in [7, 11) is 0. The van der Waals surface area contributed by atoms with Crippen LogP contribution in [0.15, 0.2) is 45.3 Å². The molecule has 2 aromatic carbocycles. The standard InChI is InChI=1S/C15H11Br2FN2O2S/c16-11-5-9(14(21)20-15(19)23)6-12(17)13(11)22-7-8-1-3-10(18)4-2-8/h1-6H,7H2,(H3,19,20,21,23).